The first-order valence-electron chi connectivity index (χ1n) is 5.42. The summed E-state index contributed by atoms with van der Waals surface area (Å²) in [6.07, 6.45) is 3.53. The predicted octanol–water partition coefficient (Wildman–Crippen LogP) is 0.0156. The number of nitrogens with one attached hydrogen (secondary N) is 2. The van der Waals surface area contributed by atoms with Gasteiger partial charge < -0.3 is 15.7 Å². The Morgan fingerprint density at radius 3 is 3.00 bits per heavy atom. The Morgan fingerprint density at radius 2 is 2.50 bits per heavy atom. The van der Waals surface area contributed by atoms with Crippen molar-refractivity contribution in [2.24, 2.45) is 0 Å². The minimum atomic E-state index is -0.0113. The highest BCUT2D eigenvalue weighted by Crippen LogP contribution is 2.06. The van der Waals surface area contributed by atoms with Crippen LogP contribution < -0.4 is 10.6 Å². The monoisotopic (exact) mass is 200 g/mol. The molecule has 82 valence electrons. The van der Waals surface area contributed by atoms with Crippen molar-refractivity contribution < 1.29 is 9.90 Å². The van der Waals surface area contributed by atoms with Crippen LogP contribution in [-0.4, -0.2) is 36.2 Å². The lowest BCUT2D eigenvalue weighted by Gasteiger charge is -2.18. The molecule has 1 aliphatic rings. The maximum atomic E-state index is 11.6. The van der Waals surface area contributed by atoms with Gasteiger partial charge in [-0.3, -0.25) is 4.79 Å². The average molecular weight is 200 g/mol. The molecule has 0 saturated carbocycles. The summed E-state index contributed by atoms with van der Waals surface area (Å²) in [5.74, 6) is 0.0859. The molecule has 0 aromatic heterocycles. The molecule has 0 aliphatic carbocycles. The molecule has 1 rings (SSSR count). The summed E-state index contributed by atoms with van der Waals surface area (Å²) in [5.41, 5.74) is 0. The molecule has 0 aromatic carbocycles. The molecule has 1 heterocycles. The van der Waals surface area contributed by atoms with Crippen molar-refractivity contribution in [1.82, 2.24) is 10.6 Å². The summed E-state index contributed by atoms with van der Waals surface area (Å²) in [6, 6.07) is 0.109. The Hall–Kier alpha value is -0.610. The first kappa shape index (κ1) is 11.5. The summed E-state index contributed by atoms with van der Waals surface area (Å²) < 4.78 is 0. The third-order valence-electron chi connectivity index (χ3n) is 2.69. The molecule has 0 aromatic rings. The normalized spacial score (nSPS) is 23.4. The van der Waals surface area contributed by atoms with Crippen LogP contribution in [-0.2, 0) is 4.79 Å². The predicted molar refractivity (Wildman–Crippen MR) is 54.9 cm³/mol. The van der Waals surface area contributed by atoms with Gasteiger partial charge in [0.15, 0.2) is 0 Å². The van der Waals surface area contributed by atoms with Gasteiger partial charge in [-0.2, -0.15) is 0 Å². The van der Waals surface area contributed by atoms with E-state index in [-0.39, 0.29) is 24.6 Å². The number of amides is 1. The Balaban J connectivity index is 2.29. The van der Waals surface area contributed by atoms with Crippen LogP contribution in [0.2, 0.25) is 0 Å². The first-order valence-corrected chi connectivity index (χ1v) is 5.42. The lowest BCUT2D eigenvalue weighted by molar-refractivity contribution is -0.123. The fraction of sp³-hybridized carbons (Fsp3) is 0.900. The number of aliphatic hydroxyl groups is 1. The average Bonchev–Trinajstić information content (AvgIpc) is 2.69. The van der Waals surface area contributed by atoms with E-state index in [1.54, 1.807) is 0 Å². The minimum Gasteiger partial charge on any atom is -0.396 e. The van der Waals surface area contributed by atoms with E-state index in [0.29, 0.717) is 6.42 Å². The van der Waals surface area contributed by atoms with E-state index in [0.717, 1.165) is 25.8 Å². The van der Waals surface area contributed by atoms with E-state index in [1.165, 1.54) is 0 Å². The van der Waals surface area contributed by atoms with E-state index in [4.69, 9.17) is 5.11 Å². The van der Waals surface area contributed by atoms with Crippen molar-refractivity contribution >= 4 is 5.91 Å². The Bertz CT molecular complexity index is 179. The summed E-state index contributed by atoms with van der Waals surface area (Å²) >= 11 is 0. The molecule has 14 heavy (non-hydrogen) atoms. The van der Waals surface area contributed by atoms with E-state index in [2.05, 4.69) is 10.6 Å². The summed E-state index contributed by atoms with van der Waals surface area (Å²) in [7, 11) is 0. The highest BCUT2D eigenvalue weighted by molar-refractivity contribution is 5.82. The fourth-order valence-electron chi connectivity index (χ4n) is 1.74. The third-order valence-corrected chi connectivity index (χ3v) is 2.69. The highest BCUT2D eigenvalue weighted by Gasteiger charge is 2.23. The number of hydrogen-bond donors (Lipinski definition) is 3. The van der Waals surface area contributed by atoms with E-state index < -0.39 is 0 Å². The number of hydrogen-bond acceptors (Lipinski definition) is 3. The standard InChI is InChI=1S/C10H20N2O2/c1-2-8(5-7-13)12-10(14)9-4-3-6-11-9/h8-9,11,13H,2-7H2,1H3,(H,12,14)/t8?,9-/m1/s1. The van der Waals surface area contributed by atoms with E-state index >= 15 is 0 Å². The summed E-state index contributed by atoms with van der Waals surface area (Å²) in [5, 5.41) is 14.9. The molecule has 1 fully saturated rings. The third kappa shape index (κ3) is 3.27. The van der Waals surface area contributed by atoms with Gasteiger partial charge in [0.25, 0.3) is 0 Å². The zero-order valence-corrected chi connectivity index (χ0v) is 8.75. The molecule has 0 spiro atoms. The molecular weight excluding hydrogens is 180 g/mol. The Morgan fingerprint density at radius 1 is 1.71 bits per heavy atom. The zero-order chi connectivity index (χ0) is 10.4. The van der Waals surface area contributed by atoms with Gasteiger partial charge in [-0.25, -0.2) is 0 Å². The van der Waals surface area contributed by atoms with Gasteiger partial charge in [0.2, 0.25) is 5.91 Å². The molecule has 1 amide bonds. The van der Waals surface area contributed by atoms with Crippen LogP contribution in [0.3, 0.4) is 0 Å². The van der Waals surface area contributed by atoms with Gasteiger partial charge in [0.05, 0.1) is 6.04 Å². The molecule has 2 atom stereocenters. The SMILES string of the molecule is CCC(CCO)NC(=O)[C@H]1CCCN1. The van der Waals surface area contributed by atoms with Crippen LogP contribution in [0.15, 0.2) is 0 Å². The quantitative estimate of drug-likeness (QED) is 0.586. The second kappa shape index (κ2) is 5.98. The first-order chi connectivity index (χ1) is 6.77. The van der Waals surface area contributed by atoms with E-state index in [9.17, 15) is 4.79 Å². The molecule has 0 bridgehead atoms. The van der Waals surface area contributed by atoms with Crippen molar-refractivity contribution in [3.05, 3.63) is 0 Å². The molecule has 0 radical (unpaired) electrons. The van der Waals surface area contributed by atoms with Gasteiger partial charge in [-0.1, -0.05) is 6.92 Å². The molecule has 1 aliphatic heterocycles. The van der Waals surface area contributed by atoms with Gasteiger partial charge >= 0.3 is 0 Å². The molecule has 4 heteroatoms. The molecule has 4 nitrogen and oxygen atoms in total. The van der Waals surface area contributed by atoms with Gasteiger partial charge in [0.1, 0.15) is 0 Å². The summed E-state index contributed by atoms with van der Waals surface area (Å²) in [6.45, 7) is 3.09. The van der Waals surface area contributed by atoms with E-state index in [1.807, 2.05) is 6.92 Å². The minimum absolute atomic E-state index is 0.0113. The molecular formula is C10H20N2O2. The second-order valence-electron chi connectivity index (χ2n) is 3.77. The van der Waals surface area contributed by atoms with Crippen LogP contribution in [0, 0.1) is 0 Å². The van der Waals surface area contributed by atoms with Crippen molar-refractivity contribution in [3.63, 3.8) is 0 Å². The van der Waals surface area contributed by atoms with Crippen LogP contribution in [0.1, 0.15) is 32.6 Å². The maximum Gasteiger partial charge on any atom is 0.237 e. The Labute approximate surface area is 85.1 Å². The largest absolute Gasteiger partial charge is 0.396 e. The van der Waals surface area contributed by atoms with Crippen LogP contribution in [0.4, 0.5) is 0 Å². The Kier molecular flexibility index (Phi) is 4.90. The van der Waals surface area contributed by atoms with Crippen molar-refractivity contribution in [3.8, 4) is 0 Å². The zero-order valence-electron chi connectivity index (χ0n) is 8.75. The number of carbonyl (C=O) groups excluding carboxylic acids is 1. The van der Waals surface area contributed by atoms with Crippen LogP contribution in [0.5, 0.6) is 0 Å². The topological polar surface area (TPSA) is 61.4 Å². The summed E-state index contributed by atoms with van der Waals surface area (Å²) in [4.78, 5) is 11.6. The van der Waals surface area contributed by atoms with Crippen molar-refractivity contribution in [2.45, 2.75) is 44.7 Å². The van der Waals surface area contributed by atoms with Crippen molar-refractivity contribution in [1.29, 1.82) is 0 Å². The van der Waals surface area contributed by atoms with Crippen molar-refractivity contribution in [2.75, 3.05) is 13.2 Å². The lowest BCUT2D eigenvalue weighted by Crippen LogP contribution is -2.45. The molecule has 1 unspecified atom stereocenters. The smallest absolute Gasteiger partial charge is 0.237 e. The molecule has 3 N–H and O–H groups in total. The lowest BCUT2D eigenvalue weighted by atomic mass is 10.1. The van der Waals surface area contributed by atoms with Crippen LogP contribution >= 0.6 is 0 Å². The van der Waals surface area contributed by atoms with Crippen LogP contribution in [0.25, 0.3) is 0 Å². The van der Waals surface area contributed by atoms with Gasteiger partial charge in [-0.05, 0) is 32.2 Å². The molecule has 1 saturated heterocycles. The van der Waals surface area contributed by atoms with Gasteiger partial charge in [-0.15, -0.1) is 0 Å². The fourth-order valence-corrected chi connectivity index (χ4v) is 1.74. The number of aliphatic hydroxyl groups excluding tert-OH is 1. The second-order valence-corrected chi connectivity index (χ2v) is 3.77. The van der Waals surface area contributed by atoms with Gasteiger partial charge in [0, 0.05) is 12.6 Å². The number of rotatable bonds is 5. The number of carbonyl (C=O) groups is 1. The highest BCUT2D eigenvalue weighted by atomic mass is 16.3. The maximum absolute atomic E-state index is 11.6.